The van der Waals surface area contributed by atoms with E-state index >= 15 is 0 Å². The number of carbonyl (C=O) groups is 1. The molecule has 1 saturated heterocycles. The van der Waals surface area contributed by atoms with Crippen molar-refractivity contribution in [1.82, 2.24) is 4.90 Å². The second-order valence-electron chi connectivity index (χ2n) is 4.78. The minimum atomic E-state index is -0.505. The van der Waals surface area contributed by atoms with E-state index in [-0.39, 0.29) is 18.3 Å². The van der Waals surface area contributed by atoms with Crippen LogP contribution in [0.3, 0.4) is 0 Å². The zero-order valence-electron chi connectivity index (χ0n) is 11.1. The number of halogens is 1. The Hall–Kier alpha value is -0.320. The summed E-state index contributed by atoms with van der Waals surface area (Å²) >= 11 is 0. The van der Waals surface area contributed by atoms with Gasteiger partial charge in [-0.25, -0.2) is 0 Å². The van der Waals surface area contributed by atoms with E-state index in [2.05, 4.69) is 13.8 Å². The molecular weight excluding hydrogens is 240 g/mol. The van der Waals surface area contributed by atoms with Gasteiger partial charge in [-0.2, -0.15) is 0 Å². The van der Waals surface area contributed by atoms with Crippen molar-refractivity contribution in [3.63, 3.8) is 0 Å². The fourth-order valence-corrected chi connectivity index (χ4v) is 2.44. The monoisotopic (exact) mass is 264 g/mol. The number of amides is 1. The third kappa shape index (κ3) is 3.83. The molecule has 5 heteroatoms. The molecule has 1 fully saturated rings. The van der Waals surface area contributed by atoms with Gasteiger partial charge in [-0.05, 0) is 24.7 Å². The summed E-state index contributed by atoms with van der Waals surface area (Å²) < 4.78 is 4.92. The van der Waals surface area contributed by atoms with Crippen molar-refractivity contribution >= 4 is 18.3 Å². The lowest BCUT2D eigenvalue weighted by molar-refractivity contribution is -0.133. The van der Waals surface area contributed by atoms with Crippen LogP contribution in [0.25, 0.3) is 0 Å². The third-order valence-electron chi connectivity index (χ3n) is 3.91. The molecule has 0 aromatic heterocycles. The first kappa shape index (κ1) is 16.7. The number of nitrogens with two attached hydrogens (primary N) is 1. The van der Waals surface area contributed by atoms with Crippen LogP contribution < -0.4 is 5.73 Å². The van der Waals surface area contributed by atoms with E-state index < -0.39 is 6.04 Å². The second kappa shape index (κ2) is 7.19. The maximum absolute atomic E-state index is 12.0. The first-order chi connectivity index (χ1) is 7.58. The van der Waals surface area contributed by atoms with Crippen LogP contribution in [0.15, 0.2) is 0 Å². The van der Waals surface area contributed by atoms with Crippen LogP contribution in [0, 0.1) is 5.41 Å². The van der Waals surface area contributed by atoms with Gasteiger partial charge in [-0.15, -0.1) is 12.4 Å². The molecule has 1 aliphatic heterocycles. The number of carbonyl (C=O) groups excluding carboxylic acids is 1. The molecule has 2 N–H and O–H groups in total. The van der Waals surface area contributed by atoms with Gasteiger partial charge in [0.15, 0.2) is 0 Å². The maximum atomic E-state index is 12.0. The minimum Gasteiger partial charge on any atom is -0.383 e. The number of rotatable bonds is 5. The summed E-state index contributed by atoms with van der Waals surface area (Å²) in [6.45, 7) is 6.41. The lowest BCUT2D eigenvalue weighted by Gasteiger charge is -2.27. The van der Waals surface area contributed by atoms with Crippen LogP contribution in [0.5, 0.6) is 0 Å². The van der Waals surface area contributed by atoms with Crippen LogP contribution in [-0.2, 0) is 9.53 Å². The van der Waals surface area contributed by atoms with Gasteiger partial charge in [0.2, 0.25) is 5.91 Å². The van der Waals surface area contributed by atoms with Gasteiger partial charge in [-0.3, -0.25) is 4.79 Å². The molecule has 0 radical (unpaired) electrons. The predicted molar refractivity (Wildman–Crippen MR) is 71.3 cm³/mol. The van der Waals surface area contributed by atoms with Crippen LogP contribution in [0.4, 0.5) is 0 Å². The Labute approximate surface area is 110 Å². The Balaban J connectivity index is 0.00000256. The molecule has 1 amide bonds. The molecule has 0 bridgehead atoms. The van der Waals surface area contributed by atoms with E-state index in [4.69, 9.17) is 10.5 Å². The van der Waals surface area contributed by atoms with E-state index in [0.29, 0.717) is 12.0 Å². The van der Waals surface area contributed by atoms with Crippen molar-refractivity contribution in [2.24, 2.45) is 11.1 Å². The average molecular weight is 265 g/mol. The zero-order chi connectivity index (χ0) is 12.2. The summed E-state index contributed by atoms with van der Waals surface area (Å²) in [6, 6.07) is -0.505. The Kier molecular flexibility index (Phi) is 7.05. The quantitative estimate of drug-likeness (QED) is 0.817. The van der Waals surface area contributed by atoms with Crippen LogP contribution in [0.1, 0.15) is 33.1 Å². The zero-order valence-corrected chi connectivity index (χ0v) is 11.9. The smallest absolute Gasteiger partial charge is 0.241 e. The largest absolute Gasteiger partial charge is 0.383 e. The highest BCUT2D eigenvalue weighted by molar-refractivity contribution is 5.85. The van der Waals surface area contributed by atoms with Crippen molar-refractivity contribution in [2.75, 3.05) is 26.8 Å². The van der Waals surface area contributed by atoms with Crippen molar-refractivity contribution < 1.29 is 9.53 Å². The molecule has 4 nitrogen and oxygen atoms in total. The van der Waals surface area contributed by atoms with E-state index in [0.717, 1.165) is 32.4 Å². The highest BCUT2D eigenvalue weighted by Gasteiger charge is 2.38. The molecule has 0 spiro atoms. The van der Waals surface area contributed by atoms with Crippen molar-refractivity contribution in [1.29, 1.82) is 0 Å². The molecule has 0 aromatic carbocycles. The number of methoxy groups -OCH3 is 1. The second-order valence-corrected chi connectivity index (χ2v) is 4.78. The molecule has 0 aromatic rings. The number of hydrogen-bond donors (Lipinski definition) is 1. The summed E-state index contributed by atoms with van der Waals surface area (Å²) in [5.41, 5.74) is 6.08. The molecule has 1 rings (SSSR count). The van der Waals surface area contributed by atoms with Gasteiger partial charge >= 0.3 is 0 Å². The molecule has 1 heterocycles. The Morgan fingerprint density at radius 3 is 2.47 bits per heavy atom. The molecule has 0 aliphatic carbocycles. The van der Waals surface area contributed by atoms with Crippen LogP contribution >= 0.6 is 12.4 Å². The molecule has 1 atom stereocenters. The van der Waals surface area contributed by atoms with Crippen molar-refractivity contribution in [3.8, 4) is 0 Å². The maximum Gasteiger partial charge on any atom is 0.241 e. The van der Waals surface area contributed by atoms with Gasteiger partial charge in [0, 0.05) is 20.2 Å². The molecule has 1 aliphatic rings. The fraction of sp³-hybridized carbons (Fsp3) is 0.917. The normalized spacial score (nSPS) is 19.9. The van der Waals surface area contributed by atoms with Crippen molar-refractivity contribution in [3.05, 3.63) is 0 Å². The molecule has 0 saturated carbocycles. The SMILES string of the molecule is CCC1(CC)CCN(C(=O)C(N)COC)C1.Cl. The van der Waals surface area contributed by atoms with E-state index in [1.165, 1.54) is 0 Å². The minimum absolute atomic E-state index is 0. The van der Waals surface area contributed by atoms with Crippen LogP contribution in [0.2, 0.25) is 0 Å². The van der Waals surface area contributed by atoms with Gasteiger partial charge < -0.3 is 15.4 Å². The predicted octanol–water partition coefficient (Wildman–Crippen LogP) is 1.42. The summed E-state index contributed by atoms with van der Waals surface area (Å²) in [5, 5.41) is 0. The molecular formula is C12H25ClN2O2. The summed E-state index contributed by atoms with van der Waals surface area (Å²) in [5.74, 6) is 0.0330. The first-order valence-electron chi connectivity index (χ1n) is 6.12. The lowest BCUT2D eigenvalue weighted by Crippen LogP contribution is -2.45. The van der Waals surface area contributed by atoms with E-state index in [1.54, 1.807) is 7.11 Å². The Morgan fingerprint density at radius 1 is 1.47 bits per heavy atom. The van der Waals surface area contributed by atoms with Gasteiger partial charge in [0.1, 0.15) is 6.04 Å². The standard InChI is InChI=1S/C12H24N2O2.ClH/c1-4-12(5-2)6-7-14(9-12)11(15)10(13)8-16-3;/h10H,4-9,13H2,1-3H3;1H. The first-order valence-corrected chi connectivity index (χ1v) is 6.12. The third-order valence-corrected chi connectivity index (χ3v) is 3.91. The van der Waals surface area contributed by atoms with Gasteiger partial charge in [0.25, 0.3) is 0 Å². The highest BCUT2D eigenvalue weighted by atomic mass is 35.5. The van der Waals surface area contributed by atoms with Gasteiger partial charge in [0.05, 0.1) is 6.61 Å². The summed E-state index contributed by atoms with van der Waals surface area (Å²) in [6.07, 6.45) is 3.37. The highest BCUT2D eigenvalue weighted by Crippen LogP contribution is 2.36. The Bertz CT molecular complexity index is 245. The number of hydrogen-bond acceptors (Lipinski definition) is 3. The fourth-order valence-electron chi connectivity index (χ4n) is 2.44. The summed E-state index contributed by atoms with van der Waals surface area (Å²) in [4.78, 5) is 13.9. The van der Waals surface area contributed by atoms with E-state index in [1.807, 2.05) is 4.90 Å². The number of ether oxygens (including phenoxy) is 1. The average Bonchev–Trinajstić information content (AvgIpc) is 2.73. The van der Waals surface area contributed by atoms with Gasteiger partial charge in [-0.1, -0.05) is 13.8 Å². The lowest BCUT2D eigenvalue weighted by atomic mass is 9.82. The number of nitrogens with zero attached hydrogens (tertiary/aromatic N) is 1. The summed E-state index contributed by atoms with van der Waals surface area (Å²) in [7, 11) is 1.57. The topological polar surface area (TPSA) is 55.6 Å². The van der Waals surface area contributed by atoms with Crippen LogP contribution in [-0.4, -0.2) is 43.7 Å². The van der Waals surface area contributed by atoms with Crippen molar-refractivity contribution in [2.45, 2.75) is 39.2 Å². The molecule has 1 unspecified atom stereocenters. The molecule has 17 heavy (non-hydrogen) atoms. The molecule has 102 valence electrons. The number of likely N-dealkylation sites (tertiary alicyclic amines) is 1. The Morgan fingerprint density at radius 2 is 2.06 bits per heavy atom. The van der Waals surface area contributed by atoms with E-state index in [9.17, 15) is 4.79 Å².